The van der Waals surface area contributed by atoms with Gasteiger partial charge < -0.3 is 10.0 Å². The van der Waals surface area contributed by atoms with E-state index >= 15 is 8.78 Å². The van der Waals surface area contributed by atoms with Gasteiger partial charge in [0, 0.05) is 31.9 Å². The number of fused-ring (bicyclic) bond motifs is 1. The molecule has 0 radical (unpaired) electrons. The largest absolute Gasteiger partial charge is 0.507 e. The van der Waals surface area contributed by atoms with Crippen LogP contribution in [0.2, 0.25) is 0 Å². The Kier molecular flexibility index (Phi) is 9.03. The summed E-state index contributed by atoms with van der Waals surface area (Å²) in [5.41, 5.74) is -1.14. The lowest BCUT2D eigenvalue weighted by molar-refractivity contribution is 0.326. The van der Waals surface area contributed by atoms with Crippen molar-refractivity contribution in [1.82, 2.24) is 23.8 Å². The zero-order valence-electron chi connectivity index (χ0n) is 27.1. The predicted molar refractivity (Wildman–Crippen MR) is 171 cm³/mol. The summed E-state index contributed by atoms with van der Waals surface area (Å²) in [6.45, 7) is 5.21. The van der Waals surface area contributed by atoms with Crippen LogP contribution in [-0.2, 0) is 10.0 Å². The lowest BCUT2D eigenvalue weighted by Crippen LogP contribution is -2.54. The normalized spacial score (nSPS) is 15.7. The molecule has 1 fully saturated rings. The summed E-state index contributed by atoms with van der Waals surface area (Å²) in [6, 6.07) is 4.85. The number of phenols is 1. The SMILES string of the molecule is Cc1ccnc(C(C)C)c1-n1c(=O)nc(N2CCN(S(=O)(=O)c3c(F)c(F)c(F)c(F)c3F)C[C@@H]2C)c2cc(F)c(-c3c(O)cccc3F)nc21. The molecule has 4 heterocycles. The average Bonchev–Trinajstić information content (AvgIpc) is 3.06. The average molecular weight is 737 g/mol. The van der Waals surface area contributed by atoms with Gasteiger partial charge in [0.2, 0.25) is 15.8 Å². The predicted octanol–water partition coefficient (Wildman–Crippen LogP) is 5.85. The number of aromatic nitrogens is 4. The quantitative estimate of drug-likeness (QED) is 0.131. The van der Waals surface area contributed by atoms with Gasteiger partial charge in [-0.3, -0.25) is 4.98 Å². The van der Waals surface area contributed by atoms with E-state index in [1.54, 1.807) is 13.0 Å². The first-order valence-electron chi connectivity index (χ1n) is 15.3. The Hall–Kier alpha value is -5.10. The molecule has 0 spiro atoms. The summed E-state index contributed by atoms with van der Waals surface area (Å²) < 4.78 is 130. The van der Waals surface area contributed by atoms with Crippen molar-refractivity contribution in [3.05, 3.63) is 99.0 Å². The standard InChI is InChI=1S/C33H27F7N6O4S/c1-14(2)27-29(15(3)8-9-41-27)46-32-17(12-19(35)28(42-32)21-18(34)6-5-7-20(21)47)31(43-33(46)48)45-11-10-44(13-16(45)4)51(49,50)30-25(39)23(37)22(36)24(38)26(30)40/h5-9,12,14,16,47H,10-11,13H2,1-4H3/t16-/m0/s1. The zero-order valence-corrected chi connectivity index (χ0v) is 28.0. The molecule has 2 aromatic carbocycles. The molecule has 1 atom stereocenters. The molecule has 1 N–H and O–H groups in total. The molecule has 0 bridgehead atoms. The van der Waals surface area contributed by atoms with Crippen molar-refractivity contribution in [1.29, 1.82) is 0 Å². The van der Waals surface area contributed by atoms with Crippen molar-refractivity contribution >= 4 is 26.9 Å². The number of anilines is 1. The molecule has 10 nitrogen and oxygen atoms in total. The van der Waals surface area contributed by atoms with Gasteiger partial charge in [-0.2, -0.15) is 9.29 Å². The summed E-state index contributed by atoms with van der Waals surface area (Å²) in [5.74, 6) is -15.7. The number of nitrogens with zero attached hydrogens (tertiary/aromatic N) is 6. The van der Waals surface area contributed by atoms with Crippen LogP contribution in [-0.4, -0.2) is 63.0 Å². The Morgan fingerprint density at radius 2 is 1.55 bits per heavy atom. The minimum atomic E-state index is -5.30. The lowest BCUT2D eigenvalue weighted by atomic mass is 10.0. The van der Waals surface area contributed by atoms with Gasteiger partial charge in [-0.1, -0.05) is 19.9 Å². The highest BCUT2D eigenvalue weighted by Crippen LogP contribution is 2.37. The molecule has 1 saturated heterocycles. The fourth-order valence-corrected chi connectivity index (χ4v) is 7.76. The van der Waals surface area contributed by atoms with Crippen molar-refractivity contribution in [3.63, 3.8) is 0 Å². The number of aromatic hydroxyl groups is 1. The van der Waals surface area contributed by atoms with Crippen molar-refractivity contribution in [2.75, 3.05) is 24.5 Å². The van der Waals surface area contributed by atoms with Crippen molar-refractivity contribution < 1.29 is 44.3 Å². The smallest absolute Gasteiger partial charge is 0.355 e. The Morgan fingerprint density at radius 3 is 2.16 bits per heavy atom. The van der Waals surface area contributed by atoms with E-state index in [-0.39, 0.29) is 35.0 Å². The molecule has 0 amide bonds. The molecule has 0 unspecified atom stereocenters. The number of hydrogen-bond donors (Lipinski definition) is 1. The Bertz CT molecular complexity index is 2380. The van der Waals surface area contributed by atoms with E-state index < -0.39 is 97.5 Å². The number of benzene rings is 2. The topological polar surface area (TPSA) is 122 Å². The van der Waals surface area contributed by atoms with E-state index in [1.165, 1.54) is 24.1 Å². The van der Waals surface area contributed by atoms with Crippen molar-refractivity contribution in [3.8, 4) is 22.7 Å². The van der Waals surface area contributed by atoms with E-state index in [0.717, 1.165) is 22.8 Å². The van der Waals surface area contributed by atoms with Crippen LogP contribution in [0.1, 0.15) is 37.9 Å². The van der Waals surface area contributed by atoms with Gasteiger partial charge in [0.25, 0.3) is 0 Å². The third kappa shape index (κ3) is 5.75. The van der Waals surface area contributed by atoms with Crippen LogP contribution in [0.4, 0.5) is 36.6 Å². The van der Waals surface area contributed by atoms with E-state index in [1.807, 2.05) is 13.8 Å². The maximum Gasteiger partial charge on any atom is 0.355 e. The van der Waals surface area contributed by atoms with E-state index in [9.17, 15) is 40.3 Å². The second-order valence-electron chi connectivity index (χ2n) is 12.2. The van der Waals surface area contributed by atoms with Gasteiger partial charge in [0.1, 0.15) is 23.1 Å². The molecule has 5 aromatic rings. The maximum absolute atomic E-state index is 16.0. The molecule has 0 saturated carbocycles. The molecule has 3 aromatic heterocycles. The van der Waals surface area contributed by atoms with Crippen LogP contribution in [0.3, 0.4) is 0 Å². The summed E-state index contributed by atoms with van der Waals surface area (Å²) >= 11 is 0. The fourth-order valence-electron chi connectivity index (χ4n) is 6.13. The Labute approximate surface area is 285 Å². The van der Waals surface area contributed by atoms with Crippen molar-refractivity contribution in [2.24, 2.45) is 0 Å². The van der Waals surface area contributed by atoms with Crippen LogP contribution in [0, 0.1) is 47.6 Å². The maximum atomic E-state index is 16.0. The number of halogens is 7. The molecule has 1 aliphatic heterocycles. The highest BCUT2D eigenvalue weighted by molar-refractivity contribution is 7.89. The third-order valence-electron chi connectivity index (χ3n) is 8.58. The molecule has 1 aliphatic rings. The number of aryl methyl sites for hydroxylation is 1. The van der Waals surface area contributed by atoms with E-state index in [4.69, 9.17) is 0 Å². The first-order chi connectivity index (χ1) is 24.0. The van der Waals surface area contributed by atoms with Gasteiger partial charge in [-0.25, -0.2) is 53.5 Å². The third-order valence-corrected chi connectivity index (χ3v) is 10.5. The number of phenolic OH excluding ortho intramolecular Hbond substituents is 1. The molecule has 268 valence electrons. The Morgan fingerprint density at radius 1 is 0.902 bits per heavy atom. The minimum Gasteiger partial charge on any atom is -0.507 e. The Balaban J connectivity index is 1.53. The number of pyridine rings is 2. The number of hydrogen-bond acceptors (Lipinski definition) is 8. The number of sulfonamides is 1. The summed E-state index contributed by atoms with van der Waals surface area (Å²) in [5, 5.41) is 10.4. The van der Waals surface area contributed by atoms with E-state index in [0.29, 0.717) is 15.6 Å². The zero-order chi connectivity index (χ0) is 37.3. The highest BCUT2D eigenvalue weighted by atomic mass is 32.2. The van der Waals surface area contributed by atoms with Crippen LogP contribution in [0.5, 0.6) is 5.75 Å². The van der Waals surface area contributed by atoms with Gasteiger partial charge in [0.05, 0.1) is 22.3 Å². The first-order valence-corrected chi connectivity index (χ1v) is 16.8. The van der Waals surface area contributed by atoms with Gasteiger partial charge in [0.15, 0.2) is 39.6 Å². The van der Waals surface area contributed by atoms with Crippen LogP contribution >= 0.6 is 0 Å². The summed E-state index contributed by atoms with van der Waals surface area (Å²) in [6.07, 6.45) is 1.53. The molecular formula is C33H27F7N6O4S. The molecule has 0 aliphatic carbocycles. The molecule has 18 heteroatoms. The van der Waals surface area contributed by atoms with Gasteiger partial charge >= 0.3 is 5.69 Å². The monoisotopic (exact) mass is 736 g/mol. The lowest BCUT2D eigenvalue weighted by Gasteiger charge is -2.40. The molecule has 6 rings (SSSR count). The number of piperazine rings is 1. The second-order valence-corrected chi connectivity index (χ2v) is 14.1. The van der Waals surface area contributed by atoms with Gasteiger partial charge in [-0.05, 0) is 49.6 Å². The fraction of sp³-hybridized carbons (Fsp3) is 0.273. The summed E-state index contributed by atoms with van der Waals surface area (Å²) in [4.78, 5) is 26.4. The van der Waals surface area contributed by atoms with Gasteiger partial charge in [-0.15, -0.1) is 0 Å². The van der Waals surface area contributed by atoms with Crippen molar-refractivity contribution in [2.45, 2.75) is 44.6 Å². The highest BCUT2D eigenvalue weighted by Gasteiger charge is 2.40. The van der Waals surface area contributed by atoms with E-state index in [2.05, 4.69) is 15.0 Å². The summed E-state index contributed by atoms with van der Waals surface area (Å²) in [7, 11) is -5.30. The molecule has 51 heavy (non-hydrogen) atoms. The van der Waals surface area contributed by atoms with Crippen LogP contribution in [0.25, 0.3) is 28.0 Å². The van der Waals surface area contributed by atoms with Crippen LogP contribution in [0.15, 0.2) is 46.2 Å². The second kappa shape index (κ2) is 12.9. The first kappa shape index (κ1) is 35.7. The number of rotatable bonds is 6. The minimum absolute atomic E-state index is 0.104. The molecular weight excluding hydrogens is 709 g/mol. The van der Waals surface area contributed by atoms with Crippen LogP contribution < -0.4 is 10.6 Å².